The minimum Gasteiger partial charge on any atom is -0.486 e. The Morgan fingerprint density at radius 2 is 2.00 bits per heavy atom. The molecule has 1 atom stereocenters. The van der Waals surface area contributed by atoms with E-state index in [0.29, 0.717) is 31.2 Å². The van der Waals surface area contributed by atoms with Gasteiger partial charge in [-0.2, -0.15) is 0 Å². The predicted octanol–water partition coefficient (Wildman–Crippen LogP) is 2.90. The van der Waals surface area contributed by atoms with Gasteiger partial charge in [0.15, 0.2) is 17.6 Å². The zero-order valence-electron chi connectivity index (χ0n) is 13.8. The van der Waals surface area contributed by atoms with Gasteiger partial charge < -0.3 is 14.4 Å². The van der Waals surface area contributed by atoms with Crippen molar-refractivity contribution < 1.29 is 19.2 Å². The molecule has 1 aliphatic heterocycles. The molecular formula is C18H18N2O5. The van der Waals surface area contributed by atoms with Crippen LogP contribution in [0.15, 0.2) is 48.5 Å². The van der Waals surface area contributed by atoms with E-state index in [4.69, 9.17) is 9.47 Å². The Hall–Kier alpha value is -3.09. The van der Waals surface area contributed by atoms with Gasteiger partial charge in [0.1, 0.15) is 6.61 Å². The number of carbonyl (C=O) groups excluding carboxylic acids is 1. The average Bonchev–Trinajstić information content (AvgIpc) is 2.65. The smallest absolute Gasteiger partial charge is 0.270 e. The molecule has 1 amide bonds. The Morgan fingerprint density at radius 1 is 1.24 bits per heavy atom. The van der Waals surface area contributed by atoms with Crippen LogP contribution in [0.2, 0.25) is 0 Å². The number of non-ortho nitro benzene ring substituents is 1. The highest BCUT2D eigenvalue weighted by Crippen LogP contribution is 2.31. The summed E-state index contributed by atoms with van der Waals surface area (Å²) in [6.07, 6.45) is -0.294. The third-order valence-corrected chi connectivity index (χ3v) is 3.96. The van der Waals surface area contributed by atoms with E-state index in [9.17, 15) is 14.9 Å². The molecular weight excluding hydrogens is 324 g/mol. The first-order valence-electron chi connectivity index (χ1n) is 8.00. The number of ether oxygens (including phenoxy) is 2. The van der Waals surface area contributed by atoms with Gasteiger partial charge in [0.2, 0.25) is 0 Å². The average molecular weight is 342 g/mol. The number of para-hydroxylation sites is 2. The van der Waals surface area contributed by atoms with Crippen LogP contribution in [0.4, 0.5) is 5.69 Å². The van der Waals surface area contributed by atoms with Gasteiger partial charge in [-0.15, -0.1) is 0 Å². The molecule has 0 aliphatic carbocycles. The van der Waals surface area contributed by atoms with Crippen molar-refractivity contribution in [1.82, 2.24) is 4.90 Å². The van der Waals surface area contributed by atoms with E-state index in [1.165, 1.54) is 18.2 Å². The van der Waals surface area contributed by atoms with Gasteiger partial charge in [-0.3, -0.25) is 14.9 Å². The van der Waals surface area contributed by atoms with E-state index in [0.717, 1.165) is 0 Å². The first-order valence-corrected chi connectivity index (χ1v) is 8.00. The first-order chi connectivity index (χ1) is 12.1. The minimum absolute atomic E-state index is 0.104. The molecule has 130 valence electrons. The molecule has 2 aromatic rings. The second kappa shape index (κ2) is 7.21. The number of rotatable bonds is 5. The summed E-state index contributed by atoms with van der Waals surface area (Å²) in [5.41, 5.74) is 0.182. The lowest BCUT2D eigenvalue weighted by Crippen LogP contribution is -2.43. The number of hydrogen-bond acceptors (Lipinski definition) is 5. The maximum absolute atomic E-state index is 12.7. The van der Waals surface area contributed by atoms with Crippen LogP contribution in [0.25, 0.3) is 0 Å². The van der Waals surface area contributed by atoms with Crippen molar-refractivity contribution in [2.45, 2.75) is 13.0 Å². The Labute approximate surface area is 144 Å². The molecule has 7 heteroatoms. The van der Waals surface area contributed by atoms with Crippen LogP contribution < -0.4 is 9.47 Å². The molecule has 0 spiro atoms. The lowest BCUT2D eigenvalue weighted by molar-refractivity contribution is -0.384. The molecule has 25 heavy (non-hydrogen) atoms. The number of hydrogen-bond donors (Lipinski definition) is 0. The molecule has 0 fully saturated rings. The topological polar surface area (TPSA) is 81.9 Å². The van der Waals surface area contributed by atoms with Gasteiger partial charge in [-0.05, 0) is 25.1 Å². The number of nitrogens with zero attached hydrogens (tertiary/aromatic N) is 2. The number of carbonyl (C=O) groups is 1. The summed E-state index contributed by atoms with van der Waals surface area (Å²) in [6.45, 7) is 3.00. The van der Waals surface area contributed by atoms with Gasteiger partial charge in [-0.1, -0.05) is 18.2 Å². The lowest BCUT2D eigenvalue weighted by atomic mass is 10.1. The second-order valence-electron chi connectivity index (χ2n) is 5.65. The summed E-state index contributed by atoms with van der Waals surface area (Å²) >= 11 is 0. The summed E-state index contributed by atoms with van der Waals surface area (Å²) < 4.78 is 11.6. The number of fused-ring (bicyclic) bond motifs is 1. The molecule has 7 nitrogen and oxygen atoms in total. The number of amides is 1. The molecule has 0 saturated heterocycles. The molecule has 3 rings (SSSR count). The molecule has 0 bridgehead atoms. The summed E-state index contributed by atoms with van der Waals surface area (Å²) in [5, 5.41) is 10.9. The maximum Gasteiger partial charge on any atom is 0.270 e. The van der Waals surface area contributed by atoms with E-state index in [1.54, 1.807) is 11.0 Å². The zero-order valence-corrected chi connectivity index (χ0v) is 13.8. The highest BCUT2D eigenvalue weighted by molar-refractivity contribution is 5.94. The number of likely N-dealkylation sites (N-methyl/N-ethyl adjacent to an activating group) is 1. The molecule has 0 saturated carbocycles. The van der Waals surface area contributed by atoms with Crippen LogP contribution in [0.5, 0.6) is 11.5 Å². The van der Waals surface area contributed by atoms with Crippen molar-refractivity contribution >= 4 is 11.6 Å². The van der Waals surface area contributed by atoms with Gasteiger partial charge in [-0.25, -0.2) is 0 Å². The molecule has 1 aliphatic rings. The van der Waals surface area contributed by atoms with E-state index < -0.39 is 4.92 Å². The van der Waals surface area contributed by atoms with Crippen molar-refractivity contribution in [2.75, 3.05) is 19.7 Å². The summed E-state index contributed by atoms with van der Waals surface area (Å²) in [7, 11) is 0. The quantitative estimate of drug-likeness (QED) is 0.616. The van der Waals surface area contributed by atoms with Crippen molar-refractivity contribution in [1.29, 1.82) is 0 Å². The van der Waals surface area contributed by atoms with Gasteiger partial charge in [0.05, 0.1) is 11.5 Å². The lowest BCUT2D eigenvalue weighted by Gasteiger charge is -2.31. The fourth-order valence-electron chi connectivity index (χ4n) is 2.69. The third kappa shape index (κ3) is 3.71. The Bertz CT molecular complexity index is 793. The van der Waals surface area contributed by atoms with Crippen molar-refractivity contribution in [3.8, 4) is 11.5 Å². The van der Waals surface area contributed by atoms with E-state index in [-0.39, 0.29) is 23.3 Å². The Morgan fingerprint density at radius 3 is 2.72 bits per heavy atom. The normalized spacial score (nSPS) is 15.5. The standard InChI is InChI=1S/C18H18N2O5/c1-2-19(18(21)13-6-5-7-14(10-13)20(22)23)11-15-12-24-16-8-3-4-9-17(16)25-15/h3-10,15H,2,11-12H2,1H3. The van der Waals surface area contributed by atoms with Gasteiger partial charge >= 0.3 is 0 Å². The van der Waals surface area contributed by atoms with Crippen LogP contribution >= 0.6 is 0 Å². The second-order valence-corrected chi connectivity index (χ2v) is 5.65. The van der Waals surface area contributed by atoms with Crippen LogP contribution in [0, 0.1) is 10.1 Å². The molecule has 1 unspecified atom stereocenters. The van der Waals surface area contributed by atoms with Gasteiger partial charge in [0, 0.05) is 24.2 Å². The predicted molar refractivity (Wildman–Crippen MR) is 91.0 cm³/mol. The van der Waals surface area contributed by atoms with Crippen LogP contribution in [-0.2, 0) is 0 Å². The van der Waals surface area contributed by atoms with E-state index in [1.807, 2.05) is 31.2 Å². The maximum atomic E-state index is 12.7. The fourth-order valence-corrected chi connectivity index (χ4v) is 2.69. The van der Waals surface area contributed by atoms with Crippen LogP contribution in [-0.4, -0.2) is 41.5 Å². The molecule has 0 radical (unpaired) electrons. The summed E-state index contributed by atoms with van der Waals surface area (Å²) in [5.74, 6) is 1.07. The number of nitro groups is 1. The van der Waals surface area contributed by atoms with E-state index in [2.05, 4.69) is 0 Å². The zero-order chi connectivity index (χ0) is 17.8. The van der Waals surface area contributed by atoms with E-state index >= 15 is 0 Å². The summed E-state index contributed by atoms with van der Waals surface area (Å²) in [6, 6.07) is 13.1. The van der Waals surface area contributed by atoms with Crippen LogP contribution in [0.1, 0.15) is 17.3 Å². The Balaban J connectivity index is 1.71. The number of benzene rings is 2. The van der Waals surface area contributed by atoms with Crippen LogP contribution in [0.3, 0.4) is 0 Å². The fraction of sp³-hybridized carbons (Fsp3) is 0.278. The third-order valence-electron chi connectivity index (χ3n) is 3.96. The SMILES string of the molecule is CCN(CC1COc2ccccc2O1)C(=O)c1cccc([N+](=O)[O-])c1. The van der Waals surface area contributed by atoms with Crippen molar-refractivity contribution in [3.05, 3.63) is 64.2 Å². The highest BCUT2D eigenvalue weighted by Gasteiger charge is 2.25. The highest BCUT2D eigenvalue weighted by atomic mass is 16.6. The monoisotopic (exact) mass is 342 g/mol. The van der Waals surface area contributed by atoms with Crippen molar-refractivity contribution in [2.24, 2.45) is 0 Å². The molecule has 1 heterocycles. The largest absolute Gasteiger partial charge is 0.486 e. The van der Waals surface area contributed by atoms with Gasteiger partial charge in [0.25, 0.3) is 11.6 Å². The minimum atomic E-state index is -0.512. The Kier molecular flexibility index (Phi) is 4.83. The molecule has 2 aromatic carbocycles. The number of nitro benzene ring substituents is 1. The molecule has 0 aromatic heterocycles. The first kappa shape index (κ1) is 16.8. The molecule has 0 N–H and O–H groups in total. The van der Waals surface area contributed by atoms with Crippen molar-refractivity contribution in [3.63, 3.8) is 0 Å². The summed E-state index contributed by atoms with van der Waals surface area (Å²) in [4.78, 5) is 24.7.